The molecule has 1 aromatic carbocycles. The topological polar surface area (TPSA) is 158 Å². The Bertz CT molecular complexity index is 764. The number of hydrogen-bond donors (Lipinski definition) is 6. The molecule has 1 aromatic heterocycles. The molecular formula is C17H22N2O7. The van der Waals surface area contributed by atoms with E-state index in [0.29, 0.717) is 0 Å². The van der Waals surface area contributed by atoms with Crippen molar-refractivity contribution in [3.8, 4) is 0 Å². The maximum Gasteiger partial charge on any atom is 0.323 e. The number of H-pyrrole nitrogens is 1. The zero-order chi connectivity index (χ0) is 18.8. The van der Waals surface area contributed by atoms with Crippen molar-refractivity contribution < 1.29 is 34.7 Å². The van der Waals surface area contributed by atoms with Gasteiger partial charge < -0.3 is 40.6 Å². The minimum atomic E-state index is -1.68. The summed E-state index contributed by atoms with van der Waals surface area (Å²) in [5.41, 5.74) is 7.70. The predicted octanol–water partition coefficient (Wildman–Crippen LogP) is -1.62. The van der Waals surface area contributed by atoms with Gasteiger partial charge in [0.15, 0.2) is 6.29 Å². The highest BCUT2D eigenvalue weighted by Gasteiger charge is 2.43. The van der Waals surface area contributed by atoms with Gasteiger partial charge in [0.25, 0.3) is 0 Å². The van der Waals surface area contributed by atoms with Gasteiger partial charge in [0, 0.05) is 23.5 Å². The highest BCUT2D eigenvalue weighted by Crippen LogP contribution is 2.21. The Hall–Kier alpha value is -2.01. The van der Waals surface area contributed by atoms with Gasteiger partial charge in [0.05, 0.1) is 0 Å². The number of carbonyl (C=O) groups excluding carboxylic acids is 1. The maximum absolute atomic E-state index is 12.1. The smallest absolute Gasteiger partial charge is 0.323 e. The van der Waals surface area contributed by atoms with Gasteiger partial charge in [-0.3, -0.25) is 4.79 Å². The van der Waals surface area contributed by atoms with E-state index in [1.54, 1.807) is 6.20 Å². The van der Waals surface area contributed by atoms with Crippen molar-refractivity contribution in [2.45, 2.75) is 43.2 Å². The average molecular weight is 366 g/mol. The van der Waals surface area contributed by atoms with Crippen LogP contribution in [0.3, 0.4) is 0 Å². The molecule has 2 heterocycles. The highest BCUT2D eigenvalue weighted by atomic mass is 16.6. The van der Waals surface area contributed by atoms with Crippen LogP contribution in [0.2, 0.25) is 0 Å². The molecule has 0 saturated carbocycles. The first-order chi connectivity index (χ1) is 12.4. The molecule has 1 aliphatic heterocycles. The SMILES string of the molecule is N[C@@H](Cc1c[nH]c2ccccc12)C(=O)OC[C@H]1O[C@@H](O)[C@@H](O)[C@@H](O)[C@@H]1O. The number of aromatic amines is 1. The van der Waals surface area contributed by atoms with E-state index >= 15 is 0 Å². The minimum absolute atomic E-state index is 0.251. The van der Waals surface area contributed by atoms with E-state index in [0.717, 1.165) is 16.5 Å². The third-order valence-corrected chi connectivity index (χ3v) is 4.49. The molecule has 0 aliphatic carbocycles. The highest BCUT2D eigenvalue weighted by molar-refractivity contribution is 5.84. The van der Waals surface area contributed by atoms with Crippen LogP contribution in [-0.2, 0) is 20.7 Å². The summed E-state index contributed by atoms with van der Waals surface area (Å²) in [6.45, 7) is -0.414. The van der Waals surface area contributed by atoms with Crippen LogP contribution in [0.5, 0.6) is 0 Å². The average Bonchev–Trinajstić information content (AvgIpc) is 3.04. The quantitative estimate of drug-likeness (QED) is 0.345. The zero-order valence-electron chi connectivity index (χ0n) is 13.9. The van der Waals surface area contributed by atoms with Crippen LogP contribution in [0.15, 0.2) is 30.5 Å². The Balaban J connectivity index is 1.56. The number of rotatable bonds is 5. The van der Waals surface area contributed by atoms with Gasteiger partial charge in [0.2, 0.25) is 0 Å². The summed E-state index contributed by atoms with van der Waals surface area (Å²) < 4.78 is 9.99. The van der Waals surface area contributed by atoms with Crippen LogP contribution in [0, 0.1) is 0 Å². The number of aliphatic hydroxyl groups excluding tert-OH is 4. The second-order valence-electron chi connectivity index (χ2n) is 6.34. The van der Waals surface area contributed by atoms with Gasteiger partial charge in [-0.15, -0.1) is 0 Å². The molecule has 0 bridgehead atoms. The molecule has 7 N–H and O–H groups in total. The molecule has 142 valence electrons. The lowest BCUT2D eigenvalue weighted by atomic mass is 9.99. The van der Waals surface area contributed by atoms with Crippen LogP contribution >= 0.6 is 0 Å². The van der Waals surface area contributed by atoms with E-state index in [9.17, 15) is 25.2 Å². The summed E-state index contributed by atoms with van der Waals surface area (Å²) in [6, 6.07) is 6.67. The fourth-order valence-electron chi connectivity index (χ4n) is 2.96. The molecule has 0 amide bonds. The Morgan fingerprint density at radius 2 is 1.92 bits per heavy atom. The molecule has 3 rings (SSSR count). The monoisotopic (exact) mass is 366 g/mol. The second kappa shape index (κ2) is 7.70. The van der Waals surface area contributed by atoms with Crippen molar-refractivity contribution >= 4 is 16.9 Å². The molecule has 0 spiro atoms. The summed E-state index contributed by atoms with van der Waals surface area (Å²) in [7, 11) is 0. The number of esters is 1. The molecule has 9 heteroatoms. The molecule has 1 aliphatic rings. The standard InChI is InChI=1S/C17H22N2O7/c18-10(5-8-6-19-11-4-2-1-3-9(8)11)16(23)25-7-12-13(20)14(21)15(22)17(24)26-12/h1-4,6,10,12-15,17,19-22,24H,5,7,18H2/t10-,12+,13+,14-,15-,17+/m0/s1. The first-order valence-electron chi connectivity index (χ1n) is 8.23. The molecule has 6 atom stereocenters. The Morgan fingerprint density at radius 3 is 2.69 bits per heavy atom. The number of ether oxygens (including phenoxy) is 2. The zero-order valence-corrected chi connectivity index (χ0v) is 13.9. The number of nitrogens with one attached hydrogen (secondary N) is 1. The Labute approximate surface area is 149 Å². The predicted molar refractivity (Wildman–Crippen MR) is 89.8 cm³/mol. The fourth-order valence-corrected chi connectivity index (χ4v) is 2.96. The van der Waals surface area contributed by atoms with Gasteiger partial charge in [-0.1, -0.05) is 18.2 Å². The van der Waals surface area contributed by atoms with Crippen molar-refractivity contribution in [1.29, 1.82) is 0 Å². The summed E-state index contributed by atoms with van der Waals surface area (Å²) >= 11 is 0. The first-order valence-corrected chi connectivity index (χ1v) is 8.23. The van der Waals surface area contributed by atoms with Crippen molar-refractivity contribution in [3.63, 3.8) is 0 Å². The van der Waals surface area contributed by atoms with Gasteiger partial charge in [-0.25, -0.2) is 0 Å². The number of para-hydroxylation sites is 1. The molecular weight excluding hydrogens is 344 g/mol. The molecule has 1 fully saturated rings. The summed E-state index contributed by atoms with van der Waals surface area (Å²) in [5.74, 6) is -0.707. The van der Waals surface area contributed by atoms with E-state index in [1.807, 2.05) is 24.3 Å². The number of carbonyl (C=O) groups is 1. The maximum atomic E-state index is 12.1. The van der Waals surface area contributed by atoms with E-state index < -0.39 is 49.3 Å². The van der Waals surface area contributed by atoms with E-state index in [1.165, 1.54) is 0 Å². The van der Waals surface area contributed by atoms with Crippen LogP contribution < -0.4 is 5.73 Å². The molecule has 9 nitrogen and oxygen atoms in total. The van der Waals surface area contributed by atoms with Crippen LogP contribution in [0.1, 0.15) is 5.56 Å². The van der Waals surface area contributed by atoms with Gasteiger partial charge in [-0.2, -0.15) is 0 Å². The lowest BCUT2D eigenvalue weighted by Gasteiger charge is -2.37. The third-order valence-electron chi connectivity index (χ3n) is 4.49. The number of aromatic nitrogens is 1. The van der Waals surface area contributed by atoms with Crippen LogP contribution in [0.25, 0.3) is 10.9 Å². The molecule has 2 aromatic rings. The second-order valence-corrected chi connectivity index (χ2v) is 6.34. The lowest BCUT2D eigenvalue weighted by Crippen LogP contribution is -2.58. The van der Waals surface area contributed by atoms with Crippen molar-refractivity contribution in [1.82, 2.24) is 4.98 Å². The van der Waals surface area contributed by atoms with Crippen LogP contribution in [-0.4, -0.2) is 74.7 Å². The fraction of sp³-hybridized carbons (Fsp3) is 0.471. The number of benzene rings is 1. The number of aliphatic hydroxyl groups is 4. The largest absolute Gasteiger partial charge is 0.462 e. The third kappa shape index (κ3) is 3.73. The van der Waals surface area contributed by atoms with E-state index in [4.69, 9.17) is 15.2 Å². The van der Waals surface area contributed by atoms with Gasteiger partial charge in [-0.05, 0) is 11.6 Å². The van der Waals surface area contributed by atoms with E-state index in [-0.39, 0.29) is 6.42 Å². The van der Waals surface area contributed by atoms with Crippen molar-refractivity contribution in [2.24, 2.45) is 5.73 Å². The van der Waals surface area contributed by atoms with Gasteiger partial charge in [0.1, 0.15) is 37.1 Å². The number of nitrogens with two attached hydrogens (primary N) is 1. The van der Waals surface area contributed by atoms with E-state index in [2.05, 4.69) is 4.98 Å². The summed E-state index contributed by atoms with van der Waals surface area (Å²) in [6.07, 6.45) is -5.58. The molecule has 0 radical (unpaired) electrons. The van der Waals surface area contributed by atoms with Gasteiger partial charge >= 0.3 is 5.97 Å². The van der Waals surface area contributed by atoms with Crippen molar-refractivity contribution in [2.75, 3.05) is 6.61 Å². The van der Waals surface area contributed by atoms with Crippen LogP contribution in [0.4, 0.5) is 0 Å². The summed E-state index contributed by atoms with van der Waals surface area (Å²) in [4.78, 5) is 15.2. The minimum Gasteiger partial charge on any atom is -0.462 e. The molecule has 0 unspecified atom stereocenters. The number of hydrogen-bond acceptors (Lipinski definition) is 8. The number of fused-ring (bicyclic) bond motifs is 1. The summed E-state index contributed by atoms with van der Waals surface area (Å²) in [5, 5.41) is 39.3. The first kappa shape index (κ1) is 18.8. The lowest BCUT2D eigenvalue weighted by molar-refractivity contribution is -0.287. The molecule has 1 saturated heterocycles. The Kier molecular flexibility index (Phi) is 5.56. The van der Waals surface area contributed by atoms with Crippen molar-refractivity contribution in [3.05, 3.63) is 36.0 Å². The molecule has 26 heavy (non-hydrogen) atoms. The Morgan fingerprint density at radius 1 is 1.19 bits per heavy atom. The normalized spacial score (nSPS) is 30.3.